The average Bonchev–Trinajstić information content (AvgIpc) is 2.97. The third kappa shape index (κ3) is 5.21. The predicted molar refractivity (Wildman–Crippen MR) is 93.7 cm³/mol. The molecule has 2 N–H and O–H groups in total. The van der Waals surface area contributed by atoms with Crippen molar-refractivity contribution in [3.05, 3.63) is 28.5 Å². The fourth-order valence-electron chi connectivity index (χ4n) is 2.00. The number of nitrogens with one attached hydrogen (secondary N) is 2. The van der Waals surface area contributed by atoms with Crippen molar-refractivity contribution in [3.8, 4) is 0 Å². The fourth-order valence-corrected chi connectivity index (χ4v) is 3.06. The Hall–Kier alpha value is -1.27. The molecule has 6 heteroatoms. The van der Waals surface area contributed by atoms with Gasteiger partial charge in [-0.05, 0) is 48.4 Å². The molecule has 0 aliphatic heterocycles. The molecule has 0 spiro atoms. The van der Waals surface area contributed by atoms with Crippen molar-refractivity contribution in [2.75, 3.05) is 23.4 Å². The van der Waals surface area contributed by atoms with Crippen LogP contribution in [0.15, 0.2) is 28.0 Å². The lowest BCUT2D eigenvalue weighted by Crippen LogP contribution is -2.19. The Balaban J connectivity index is 2.03. The average molecular weight is 323 g/mol. The van der Waals surface area contributed by atoms with Crippen LogP contribution in [0.1, 0.15) is 25.8 Å². The molecular formula is C15H22N4S2. The summed E-state index contributed by atoms with van der Waals surface area (Å²) < 4.78 is 0. The Bertz CT molecular complexity index is 543. The first kappa shape index (κ1) is 16.1. The van der Waals surface area contributed by atoms with Crippen LogP contribution in [0.2, 0.25) is 0 Å². The molecule has 0 bridgehead atoms. The summed E-state index contributed by atoms with van der Waals surface area (Å²) in [5.74, 6) is 1.78. The van der Waals surface area contributed by atoms with E-state index in [9.17, 15) is 0 Å². The summed E-state index contributed by atoms with van der Waals surface area (Å²) >= 11 is 3.30. The van der Waals surface area contributed by atoms with E-state index in [1.165, 1.54) is 5.56 Å². The van der Waals surface area contributed by atoms with Crippen LogP contribution in [0.25, 0.3) is 0 Å². The molecule has 0 fully saturated rings. The number of thioether (sulfide) groups is 1. The predicted octanol–water partition coefficient (Wildman–Crippen LogP) is 4.13. The lowest BCUT2D eigenvalue weighted by molar-refractivity contribution is 0.780. The van der Waals surface area contributed by atoms with Crippen molar-refractivity contribution in [2.24, 2.45) is 0 Å². The number of thiophene rings is 1. The summed E-state index contributed by atoms with van der Waals surface area (Å²) in [6.07, 6.45) is 4.08. The summed E-state index contributed by atoms with van der Waals surface area (Å²) in [5, 5.41) is 11.9. The first-order chi connectivity index (χ1) is 10.2. The second-order valence-corrected chi connectivity index (χ2v) is 6.49. The van der Waals surface area contributed by atoms with E-state index >= 15 is 0 Å². The number of nitrogens with zero attached hydrogens (tertiary/aromatic N) is 2. The van der Waals surface area contributed by atoms with Gasteiger partial charge in [-0.25, -0.2) is 9.97 Å². The number of anilines is 2. The third-order valence-electron chi connectivity index (χ3n) is 2.96. The maximum Gasteiger partial charge on any atom is 0.191 e. The van der Waals surface area contributed by atoms with E-state index in [1.807, 2.05) is 12.3 Å². The maximum absolute atomic E-state index is 4.53. The number of hydrogen-bond acceptors (Lipinski definition) is 6. The van der Waals surface area contributed by atoms with E-state index in [4.69, 9.17) is 0 Å². The van der Waals surface area contributed by atoms with Crippen LogP contribution in [0.4, 0.5) is 11.6 Å². The summed E-state index contributed by atoms with van der Waals surface area (Å²) in [4.78, 5) is 9.01. The summed E-state index contributed by atoms with van der Waals surface area (Å²) in [5.41, 5.74) is 1.36. The SMILES string of the molecule is CCCNc1cc(NC(C)Cc2ccsc2)nc(SC)n1. The molecule has 0 saturated heterocycles. The first-order valence-electron chi connectivity index (χ1n) is 7.15. The van der Waals surface area contributed by atoms with E-state index < -0.39 is 0 Å². The van der Waals surface area contributed by atoms with Crippen LogP contribution >= 0.6 is 23.1 Å². The Morgan fingerprint density at radius 1 is 1.33 bits per heavy atom. The molecule has 0 amide bonds. The van der Waals surface area contributed by atoms with Gasteiger partial charge in [0.1, 0.15) is 11.6 Å². The van der Waals surface area contributed by atoms with Gasteiger partial charge in [-0.3, -0.25) is 0 Å². The molecule has 2 rings (SSSR count). The molecule has 21 heavy (non-hydrogen) atoms. The maximum atomic E-state index is 4.53. The Labute approximate surface area is 134 Å². The Morgan fingerprint density at radius 3 is 2.81 bits per heavy atom. The zero-order valence-corrected chi connectivity index (χ0v) is 14.4. The summed E-state index contributed by atoms with van der Waals surface area (Å²) in [6, 6.07) is 4.49. The standard InChI is InChI=1S/C15H22N4S2/c1-4-6-16-13-9-14(19-15(18-13)20-3)17-11(2)8-12-5-7-21-10-12/h5,7,9-11H,4,6,8H2,1-3H3,(H2,16,17,18,19). The smallest absolute Gasteiger partial charge is 0.191 e. The molecule has 0 aliphatic rings. The van der Waals surface area contributed by atoms with E-state index in [-0.39, 0.29) is 0 Å². The lowest BCUT2D eigenvalue weighted by Gasteiger charge is -2.15. The van der Waals surface area contributed by atoms with Gasteiger partial charge in [0.2, 0.25) is 0 Å². The van der Waals surface area contributed by atoms with E-state index in [2.05, 4.69) is 51.3 Å². The molecule has 0 saturated carbocycles. The van der Waals surface area contributed by atoms with Gasteiger partial charge in [-0.2, -0.15) is 11.3 Å². The number of aromatic nitrogens is 2. The molecule has 0 aromatic carbocycles. The van der Waals surface area contributed by atoms with Gasteiger partial charge in [0.05, 0.1) is 0 Å². The minimum Gasteiger partial charge on any atom is -0.370 e. The minimum atomic E-state index is 0.336. The Kier molecular flexibility index (Phi) is 6.32. The van der Waals surface area contributed by atoms with Crippen LogP contribution in [0, 0.1) is 0 Å². The van der Waals surface area contributed by atoms with Crippen molar-refractivity contribution in [1.82, 2.24) is 9.97 Å². The molecule has 1 unspecified atom stereocenters. The van der Waals surface area contributed by atoms with Crippen molar-refractivity contribution in [3.63, 3.8) is 0 Å². The molecule has 1 atom stereocenters. The third-order valence-corrected chi connectivity index (χ3v) is 4.24. The highest BCUT2D eigenvalue weighted by molar-refractivity contribution is 7.98. The zero-order chi connectivity index (χ0) is 15.1. The second-order valence-electron chi connectivity index (χ2n) is 4.93. The van der Waals surface area contributed by atoms with E-state index in [0.717, 1.165) is 36.2 Å². The Morgan fingerprint density at radius 2 is 2.14 bits per heavy atom. The molecule has 2 heterocycles. The van der Waals surface area contributed by atoms with E-state index in [0.29, 0.717) is 6.04 Å². The van der Waals surface area contributed by atoms with Gasteiger partial charge < -0.3 is 10.6 Å². The van der Waals surface area contributed by atoms with Gasteiger partial charge in [-0.15, -0.1) is 0 Å². The first-order valence-corrected chi connectivity index (χ1v) is 9.32. The van der Waals surface area contributed by atoms with E-state index in [1.54, 1.807) is 23.1 Å². The minimum absolute atomic E-state index is 0.336. The fraction of sp³-hybridized carbons (Fsp3) is 0.467. The van der Waals surface area contributed by atoms with Crippen molar-refractivity contribution < 1.29 is 0 Å². The second kappa shape index (κ2) is 8.24. The molecule has 0 aliphatic carbocycles. The monoisotopic (exact) mass is 322 g/mol. The number of hydrogen-bond donors (Lipinski definition) is 2. The molecular weight excluding hydrogens is 300 g/mol. The van der Waals surface area contributed by atoms with Crippen LogP contribution in [-0.4, -0.2) is 28.8 Å². The van der Waals surface area contributed by atoms with Gasteiger partial charge in [0, 0.05) is 18.7 Å². The largest absolute Gasteiger partial charge is 0.370 e. The molecule has 4 nitrogen and oxygen atoms in total. The topological polar surface area (TPSA) is 49.8 Å². The summed E-state index contributed by atoms with van der Waals surface area (Å²) in [7, 11) is 0. The number of rotatable bonds is 8. The van der Waals surface area contributed by atoms with Crippen LogP contribution < -0.4 is 10.6 Å². The van der Waals surface area contributed by atoms with Gasteiger partial charge in [0.25, 0.3) is 0 Å². The van der Waals surface area contributed by atoms with Crippen LogP contribution in [0.5, 0.6) is 0 Å². The van der Waals surface area contributed by atoms with Gasteiger partial charge >= 0.3 is 0 Å². The quantitative estimate of drug-likeness (QED) is 0.565. The molecule has 2 aromatic heterocycles. The molecule has 0 radical (unpaired) electrons. The summed E-state index contributed by atoms with van der Waals surface area (Å²) in [6.45, 7) is 5.25. The van der Waals surface area contributed by atoms with Crippen molar-refractivity contribution in [2.45, 2.75) is 37.9 Å². The normalized spacial score (nSPS) is 12.1. The highest BCUT2D eigenvalue weighted by Gasteiger charge is 2.08. The van der Waals surface area contributed by atoms with Crippen molar-refractivity contribution in [1.29, 1.82) is 0 Å². The highest BCUT2D eigenvalue weighted by Crippen LogP contribution is 2.19. The van der Waals surface area contributed by atoms with Crippen LogP contribution in [-0.2, 0) is 6.42 Å². The van der Waals surface area contributed by atoms with Gasteiger partial charge in [0.15, 0.2) is 5.16 Å². The molecule has 114 valence electrons. The van der Waals surface area contributed by atoms with Gasteiger partial charge in [-0.1, -0.05) is 18.7 Å². The van der Waals surface area contributed by atoms with Crippen molar-refractivity contribution >= 4 is 34.7 Å². The highest BCUT2D eigenvalue weighted by atomic mass is 32.2. The molecule has 2 aromatic rings. The lowest BCUT2D eigenvalue weighted by atomic mass is 10.1. The zero-order valence-electron chi connectivity index (χ0n) is 12.7. The van der Waals surface area contributed by atoms with Crippen LogP contribution in [0.3, 0.4) is 0 Å².